The molecule has 10 nitrogen and oxygen atoms in total. The van der Waals surface area contributed by atoms with Crippen LogP contribution in [0.15, 0.2) is 30.3 Å². The Morgan fingerprint density at radius 2 is 1.82 bits per heavy atom. The summed E-state index contributed by atoms with van der Waals surface area (Å²) in [5.74, 6) is -2.84. The maximum Gasteiger partial charge on any atom is 0.490 e. The number of hydrogen-bond acceptors (Lipinski definition) is 7. The average molecular weight is 507 g/mol. The van der Waals surface area contributed by atoms with Gasteiger partial charge < -0.3 is 20.6 Å². The summed E-state index contributed by atoms with van der Waals surface area (Å²) in [7, 11) is 0. The van der Waals surface area contributed by atoms with Crippen LogP contribution in [0, 0.1) is 3.95 Å². The van der Waals surface area contributed by atoms with Crippen molar-refractivity contribution in [1.82, 2.24) is 25.7 Å². The van der Waals surface area contributed by atoms with Gasteiger partial charge in [-0.25, -0.2) is 9.59 Å². The number of benzene rings is 1. The van der Waals surface area contributed by atoms with Gasteiger partial charge in [0.2, 0.25) is 11.0 Å². The lowest BCUT2D eigenvalue weighted by Gasteiger charge is -2.31. The van der Waals surface area contributed by atoms with E-state index in [1.807, 2.05) is 30.3 Å². The topological polar surface area (TPSA) is 139 Å². The van der Waals surface area contributed by atoms with Crippen molar-refractivity contribution in [3.63, 3.8) is 0 Å². The molecule has 33 heavy (non-hydrogen) atoms. The number of carboxylic acid groups (broad SMARTS) is 1. The molecule has 1 fully saturated rings. The van der Waals surface area contributed by atoms with Crippen LogP contribution in [0.25, 0.3) is 0 Å². The lowest BCUT2D eigenvalue weighted by Crippen LogP contribution is -2.55. The van der Waals surface area contributed by atoms with Gasteiger partial charge in [0.25, 0.3) is 0 Å². The number of amides is 3. The summed E-state index contributed by atoms with van der Waals surface area (Å²) < 4.78 is 32.2. The van der Waals surface area contributed by atoms with Gasteiger partial charge in [0, 0.05) is 32.6 Å². The number of halogens is 3. The van der Waals surface area contributed by atoms with Gasteiger partial charge in [-0.3, -0.25) is 15.2 Å². The van der Waals surface area contributed by atoms with E-state index in [-0.39, 0.29) is 5.91 Å². The Kier molecular flexibility index (Phi) is 9.74. The van der Waals surface area contributed by atoms with Crippen LogP contribution in [0.5, 0.6) is 0 Å². The van der Waals surface area contributed by atoms with E-state index in [4.69, 9.17) is 22.1 Å². The van der Waals surface area contributed by atoms with Crippen LogP contribution in [0.2, 0.25) is 0 Å². The molecule has 1 saturated heterocycles. The first kappa shape index (κ1) is 26.2. The number of nitrogens with zero attached hydrogens (tertiary/aromatic N) is 2. The molecule has 1 aromatic carbocycles. The Balaban J connectivity index is 0.000000479. The number of nitrogens with one attached hydrogen (secondary N) is 4. The van der Waals surface area contributed by atoms with Gasteiger partial charge in [0.05, 0.1) is 0 Å². The highest BCUT2D eigenvalue weighted by molar-refractivity contribution is 7.73. The number of carbonyl (C=O) groups is 3. The molecule has 1 aliphatic heterocycles. The van der Waals surface area contributed by atoms with E-state index in [1.165, 1.54) is 0 Å². The molecule has 1 aliphatic rings. The van der Waals surface area contributed by atoms with Crippen LogP contribution in [0.3, 0.4) is 0 Å². The first-order chi connectivity index (χ1) is 15.6. The van der Waals surface area contributed by atoms with Crippen molar-refractivity contribution in [3.8, 4) is 0 Å². The summed E-state index contributed by atoms with van der Waals surface area (Å²) in [5, 5.41) is 22.6. The summed E-state index contributed by atoms with van der Waals surface area (Å²) in [6.07, 6.45) is -4.66. The summed E-state index contributed by atoms with van der Waals surface area (Å²) in [4.78, 5) is 35.9. The summed E-state index contributed by atoms with van der Waals surface area (Å²) in [5.41, 5.74) is 0.983. The van der Waals surface area contributed by atoms with Crippen LogP contribution in [0.4, 0.5) is 23.1 Å². The van der Waals surface area contributed by atoms with Gasteiger partial charge in [0.15, 0.2) is 3.95 Å². The molecular weight excluding hydrogens is 485 g/mol. The molecule has 3 amide bonds. The lowest BCUT2D eigenvalue weighted by atomic mass is 10.0. The van der Waals surface area contributed by atoms with E-state index in [1.54, 1.807) is 4.90 Å². The smallest absolute Gasteiger partial charge is 0.475 e. The number of alkyl halides is 3. The third kappa shape index (κ3) is 9.15. The fraction of sp³-hybridized carbons (Fsp3) is 0.389. The van der Waals surface area contributed by atoms with E-state index >= 15 is 0 Å². The van der Waals surface area contributed by atoms with Crippen molar-refractivity contribution in [2.45, 2.75) is 18.6 Å². The molecule has 2 aromatic rings. The standard InChI is InChI=1S/C16H20N6O2S2.C2HF3O2/c23-13(22-8-6-17-7-9-22)12(10-11-4-2-1-3-5-11)18-14(24)19-15-20-21-16(25)26-15;3-2(4,5)1(6)7/h1-5,12,17H,6-10H2,(H,21,25)(H2,18,19,20,24);(H,6,7). The Morgan fingerprint density at radius 3 is 2.33 bits per heavy atom. The van der Waals surface area contributed by atoms with E-state index in [0.717, 1.165) is 30.0 Å². The average Bonchev–Trinajstić information content (AvgIpc) is 3.18. The van der Waals surface area contributed by atoms with Crippen molar-refractivity contribution in [2.24, 2.45) is 0 Å². The maximum atomic E-state index is 12.9. The SMILES string of the molecule is O=C(Nc1n[nH]c(=S)s1)NC(Cc1ccccc1)C(=O)N1CCNCC1.O=C(O)C(F)(F)F. The van der Waals surface area contributed by atoms with Crippen LogP contribution >= 0.6 is 23.6 Å². The number of aliphatic carboxylic acids is 1. The highest BCUT2D eigenvalue weighted by Gasteiger charge is 2.38. The first-order valence-electron chi connectivity index (χ1n) is 9.53. The van der Waals surface area contributed by atoms with Crippen LogP contribution in [-0.2, 0) is 16.0 Å². The molecule has 15 heteroatoms. The summed E-state index contributed by atoms with van der Waals surface area (Å²) in [6.45, 7) is 2.78. The molecule has 1 aromatic heterocycles. The third-order valence-corrected chi connectivity index (χ3v) is 5.22. The highest BCUT2D eigenvalue weighted by Crippen LogP contribution is 2.13. The van der Waals surface area contributed by atoms with Crippen LogP contribution in [0.1, 0.15) is 5.56 Å². The van der Waals surface area contributed by atoms with Gasteiger partial charge in [-0.1, -0.05) is 41.7 Å². The molecule has 1 unspecified atom stereocenters. The zero-order chi connectivity index (χ0) is 24.4. The number of piperazine rings is 1. The quantitative estimate of drug-likeness (QED) is 0.391. The van der Waals surface area contributed by atoms with Gasteiger partial charge >= 0.3 is 18.2 Å². The van der Waals surface area contributed by atoms with Gasteiger partial charge in [-0.05, 0) is 17.8 Å². The minimum Gasteiger partial charge on any atom is -0.475 e. The Hall–Kier alpha value is -3.04. The number of carboxylic acids is 1. The van der Waals surface area contributed by atoms with Gasteiger partial charge in [-0.15, -0.1) is 5.10 Å². The second-order valence-corrected chi connectivity index (χ2v) is 8.30. The van der Waals surface area contributed by atoms with Crippen molar-refractivity contribution in [3.05, 3.63) is 39.8 Å². The number of hydrogen-bond donors (Lipinski definition) is 5. The molecule has 2 heterocycles. The number of carbonyl (C=O) groups excluding carboxylic acids is 2. The normalized spacial score (nSPS) is 14.5. The number of rotatable bonds is 5. The number of urea groups is 1. The fourth-order valence-corrected chi connectivity index (χ4v) is 3.51. The van der Waals surface area contributed by atoms with Crippen molar-refractivity contribution < 1.29 is 32.7 Å². The van der Waals surface area contributed by atoms with Crippen LogP contribution < -0.4 is 16.0 Å². The van der Waals surface area contributed by atoms with Crippen molar-refractivity contribution in [1.29, 1.82) is 0 Å². The predicted octanol–water partition coefficient (Wildman–Crippen LogP) is 2.00. The van der Waals surface area contributed by atoms with E-state index in [2.05, 4.69) is 26.1 Å². The largest absolute Gasteiger partial charge is 0.490 e. The number of aromatic nitrogens is 2. The Bertz CT molecular complexity index is 993. The molecule has 1 atom stereocenters. The summed E-state index contributed by atoms with van der Waals surface area (Å²) >= 11 is 6.11. The fourth-order valence-electron chi connectivity index (χ4n) is 2.73. The monoisotopic (exact) mass is 506 g/mol. The molecule has 0 aliphatic carbocycles. The zero-order valence-corrected chi connectivity index (χ0v) is 18.6. The molecular formula is C18H21F3N6O4S2. The third-order valence-electron chi connectivity index (χ3n) is 4.22. The Labute approximate surface area is 195 Å². The second-order valence-electron chi connectivity index (χ2n) is 6.64. The molecule has 0 bridgehead atoms. The van der Waals surface area contributed by atoms with Crippen LogP contribution in [-0.4, -0.2) is 76.5 Å². The van der Waals surface area contributed by atoms with Gasteiger partial charge in [0.1, 0.15) is 6.04 Å². The molecule has 180 valence electrons. The maximum absolute atomic E-state index is 12.9. The first-order valence-corrected chi connectivity index (χ1v) is 10.8. The Morgan fingerprint density at radius 1 is 1.21 bits per heavy atom. The molecule has 0 spiro atoms. The predicted molar refractivity (Wildman–Crippen MR) is 117 cm³/mol. The van der Waals surface area contributed by atoms with E-state index < -0.39 is 24.2 Å². The molecule has 0 radical (unpaired) electrons. The molecule has 5 N–H and O–H groups in total. The second kappa shape index (κ2) is 12.3. The van der Waals surface area contributed by atoms with E-state index in [0.29, 0.717) is 28.6 Å². The lowest BCUT2D eigenvalue weighted by molar-refractivity contribution is -0.192. The van der Waals surface area contributed by atoms with Crippen molar-refractivity contribution in [2.75, 3.05) is 31.5 Å². The molecule has 3 rings (SSSR count). The number of anilines is 1. The summed E-state index contributed by atoms with van der Waals surface area (Å²) in [6, 6.07) is 8.50. The van der Waals surface area contributed by atoms with E-state index in [9.17, 15) is 22.8 Å². The highest BCUT2D eigenvalue weighted by atomic mass is 32.1. The minimum atomic E-state index is -5.08. The minimum absolute atomic E-state index is 0.0832. The number of H-pyrrole nitrogens is 1. The van der Waals surface area contributed by atoms with Gasteiger partial charge in [-0.2, -0.15) is 13.2 Å². The van der Waals surface area contributed by atoms with Crippen molar-refractivity contribution >= 4 is 46.6 Å². The molecule has 0 saturated carbocycles. The number of aromatic amines is 1. The zero-order valence-electron chi connectivity index (χ0n) is 17.0.